The van der Waals surface area contributed by atoms with Crippen LogP contribution in [0.5, 0.6) is 0 Å². The van der Waals surface area contributed by atoms with Gasteiger partial charge in [0.25, 0.3) is 0 Å². The molecule has 4 atom stereocenters. The van der Waals surface area contributed by atoms with E-state index in [-0.39, 0.29) is 23.7 Å². The fourth-order valence-electron chi connectivity index (χ4n) is 2.66. The fraction of sp³-hybridized carbons (Fsp3) is 0.833. The fourth-order valence-corrected chi connectivity index (χ4v) is 2.66. The summed E-state index contributed by atoms with van der Waals surface area (Å²) in [5.41, 5.74) is 0. The molecule has 2 N–H and O–H groups in total. The van der Waals surface area contributed by atoms with Crippen LogP contribution in [0.1, 0.15) is 32.6 Å². The molecule has 16 heavy (non-hydrogen) atoms. The monoisotopic (exact) mass is 225 g/mol. The van der Waals surface area contributed by atoms with Crippen molar-refractivity contribution in [2.75, 3.05) is 6.54 Å². The summed E-state index contributed by atoms with van der Waals surface area (Å²) in [7, 11) is 0. The molecule has 2 saturated carbocycles. The molecule has 4 nitrogen and oxygen atoms in total. The van der Waals surface area contributed by atoms with Crippen LogP contribution in [0.25, 0.3) is 0 Å². The molecule has 0 bridgehead atoms. The maximum atomic E-state index is 11.6. The number of carboxylic acid groups (broad SMARTS) is 1. The second-order valence-electron chi connectivity index (χ2n) is 5.20. The normalized spacial score (nSPS) is 37.1. The first-order valence-electron chi connectivity index (χ1n) is 6.10. The van der Waals surface area contributed by atoms with Gasteiger partial charge in [-0.15, -0.1) is 0 Å². The molecule has 0 spiro atoms. The zero-order chi connectivity index (χ0) is 11.7. The van der Waals surface area contributed by atoms with Crippen LogP contribution in [0.15, 0.2) is 0 Å². The van der Waals surface area contributed by atoms with E-state index in [9.17, 15) is 9.59 Å². The van der Waals surface area contributed by atoms with Gasteiger partial charge in [-0.25, -0.2) is 0 Å². The van der Waals surface area contributed by atoms with Gasteiger partial charge in [0.2, 0.25) is 5.91 Å². The number of hydrogen-bond donors (Lipinski definition) is 2. The van der Waals surface area contributed by atoms with Gasteiger partial charge in [-0.2, -0.15) is 0 Å². The molecule has 0 aliphatic heterocycles. The molecule has 0 aromatic rings. The minimum Gasteiger partial charge on any atom is -0.481 e. The third-order valence-electron chi connectivity index (χ3n) is 3.96. The van der Waals surface area contributed by atoms with Gasteiger partial charge < -0.3 is 10.4 Å². The summed E-state index contributed by atoms with van der Waals surface area (Å²) >= 11 is 0. The van der Waals surface area contributed by atoms with Crippen LogP contribution >= 0.6 is 0 Å². The summed E-state index contributed by atoms with van der Waals surface area (Å²) in [6.07, 6.45) is 3.64. The lowest BCUT2D eigenvalue weighted by atomic mass is 9.96. The summed E-state index contributed by atoms with van der Waals surface area (Å²) in [4.78, 5) is 22.5. The standard InChI is InChI=1S/C12H19NO3/c1-7-5-10(7)11(14)13-6-8-3-2-4-9(8)12(15)16/h7-10H,2-6H2,1H3,(H,13,14)(H,15,16). The predicted molar refractivity (Wildman–Crippen MR) is 58.7 cm³/mol. The van der Waals surface area contributed by atoms with Crippen LogP contribution in [0, 0.1) is 23.7 Å². The Balaban J connectivity index is 1.76. The van der Waals surface area contributed by atoms with Gasteiger partial charge in [0, 0.05) is 12.5 Å². The van der Waals surface area contributed by atoms with E-state index in [1.165, 1.54) is 0 Å². The molecule has 4 heteroatoms. The molecule has 0 radical (unpaired) electrons. The van der Waals surface area contributed by atoms with Crippen molar-refractivity contribution in [2.24, 2.45) is 23.7 Å². The minimum atomic E-state index is -0.712. The third kappa shape index (κ3) is 2.36. The number of rotatable bonds is 4. The highest BCUT2D eigenvalue weighted by Crippen LogP contribution is 2.38. The van der Waals surface area contributed by atoms with E-state index < -0.39 is 5.97 Å². The zero-order valence-corrected chi connectivity index (χ0v) is 9.61. The van der Waals surface area contributed by atoms with Crippen molar-refractivity contribution in [2.45, 2.75) is 32.6 Å². The maximum Gasteiger partial charge on any atom is 0.306 e. The van der Waals surface area contributed by atoms with Crippen molar-refractivity contribution < 1.29 is 14.7 Å². The first-order chi connectivity index (χ1) is 7.59. The van der Waals surface area contributed by atoms with Crippen LogP contribution in [-0.2, 0) is 9.59 Å². The largest absolute Gasteiger partial charge is 0.481 e. The second kappa shape index (κ2) is 4.44. The molecule has 4 unspecified atom stereocenters. The first-order valence-corrected chi connectivity index (χ1v) is 6.10. The number of aliphatic carboxylic acids is 1. The highest BCUT2D eigenvalue weighted by molar-refractivity contribution is 5.81. The second-order valence-corrected chi connectivity index (χ2v) is 5.20. The highest BCUT2D eigenvalue weighted by Gasteiger charge is 2.40. The molecule has 2 aliphatic carbocycles. The quantitative estimate of drug-likeness (QED) is 0.757. The smallest absolute Gasteiger partial charge is 0.306 e. The number of carbonyl (C=O) groups is 2. The molecule has 1 amide bonds. The lowest BCUT2D eigenvalue weighted by Crippen LogP contribution is -2.34. The molecular weight excluding hydrogens is 206 g/mol. The van der Waals surface area contributed by atoms with Crippen LogP contribution in [0.3, 0.4) is 0 Å². The SMILES string of the molecule is CC1CC1C(=O)NCC1CCCC1C(=O)O. The van der Waals surface area contributed by atoms with Gasteiger partial charge >= 0.3 is 5.97 Å². The molecule has 0 aromatic heterocycles. The van der Waals surface area contributed by atoms with Gasteiger partial charge in [0.1, 0.15) is 0 Å². The summed E-state index contributed by atoms with van der Waals surface area (Å²) in [6.45, 7) is 2.61. The Labute approximate surface area is 95.4 Å². The molecule has 0 heterocycles. The Bertz CT molecular complexity index is 303. The summed E-state index contributed by atoms with van der Waals surface area (Å²) < 4.78 is 0. The lowest BCUT2D eigenvalue weighted by molar-refractivity contribution is -0.143. The Morgan fingerprint density at radius 2 is 2.00 bits per heavy atom. The summed E-state index contributed by atoms with van der Waals surface area (Å²) in [6, 6.07) is 0. The van der Waals surface area contributed by atoms with E-state index in [1.54, 1.807) is 0 Å². The highest BCUT2D eigenvalue weighted by atomic mass is 16.4. The van der Waals surface area contributed by atoms with E-state index in [0.717, 1.165) is 25.7 Å². The maximum absolute atomic E-state index is 11.6. The Kier molecular flexibility index (Phi) is 3.17. The number of carbonyl (C=O) groups excluding carboxylic acids is 1. The summed E-state index contributed by atoms with van der Waals surface area (Å²) in [5.74, 6) is -0.0176. The van der Waals surface area contributed by atoms with Gasteiger partial charge in [-0.3, -0.25) is 9.59 Å². The Hall–Kier alpha value is -1.06. The molecule has 90 valence electrons. The number of hydrogen-bond acceptors (Lipinski definition) is 2. The molecular formula is C12H19NO3. The van der Waals surface area contributed by atoms with Crippen molar-refractivity contribution in [1.29, 1.82) is 0 Å². The van der Waals surface area contributed by atoms with Crippen LogP contribution in [0.2, 0.25) is 0 Å². The van der Waals surface area contributed by atoms with Gasteiger partial charge in [-0.05, 0) is 31.1 Å². The minimum absolute atomic E-state index is 0.114. The average Bonchev–Trinajstić information content (AvgIpc) is 2.80. The van der Waals surface area contributed by atoms with Crippen molar-refractivity contribution in [3.05, 3.63) is 0 Å². The Morgan fingerprint density at radius 3 is 2.56 bits per heavy atom. The molecule has 2 fully saturated rings. The first kappa shape index (κ1) is 11.4. The predicted octanol–water partition coefficient (Wildman–Crippen LogP) is 1.26. The van der Waals surface area contributed by atoms with Crippen LogP contribution in [0.4, 0.5) is 0 Å². The van der Waals surface area contributed by atoms with Gasteiger partial charge in [0.05, 0.1) is 5.92 Å². The van der Waals surface area contributed by atoms with E-state index in [1.807, 2.05) is 0 Å². The number of amides is 1. The van der Waals surface area contributed by atoms with Crippen molar-refractivity contribution >= 4 is 11.9 Å². The van der Waals surface area contributed by atoms with E-state index in [4.69, 9.17) is 5.11 Å². The number of nitrogens with one attached hydrogen (secondary N) is 1. The molecule has 2 aliphatic rings. The zero-order valence-electron chi connectivity index (χ0n) is 9.61. The van der Waals surface area contributed by atoms with E-state index >= 15 is 0 Å². The third-order valence-corrected chi connectivity index (χ3v) is 3.96. The van der Waals surface area contributed by atoms with E-state index in [2.05, 4.69) is 12.2 Å². The molecule has 0 aromatic carbocycles. The Morgan fingerprint density at radius 1 is 1.31 bits per heavy atom. The topological polar surface area (TPSA) is 66.4 Å². The molecule has 0 saturated heterocycles. The van der Waals surface area contributed by atoms with Gasteiger partial charge in [-0.1, -0.05) is 13.3 Å². The number of carboxylic acids is 1. The summed E-state index contributed by atoms with van der Waals surface area (Å²) in [5, 5.41) is 11.9. The van der Waals surface area contributed by atoms with Crippen molar-refractivity contribution in [3.63, 3.8) is 0 Å². The lowest BCUT2D eigenvalue weighted by Gasteiger charge is -2.16. The van der Waals surface area contributed by atoms with Gasteiger partial charge in [0.15, 0.2) is 0 Å². The van der Waals surface area contributed by atoms with Crippen molar-refractivity contribution in [3.8, 4) is 0 Å². The van der Waals surface area contributed by atoms with Crippen LogP contribution in [-0.4, -0.2) is 23.5 Å². The van der Waals surface area contributed by atoms with E-state index in [0.29, 0.717) is 12.5 Å². The van der Waals surface area contributed by atoms with Crippen molar-refractivity contribution in [1.82, 2.24) is 5.32 Å². The van der Waals surface area contributed by atoms with Crippen LogP contribution < -0.4 is 5.32 Å². The average molecular weight is 225 g/mol. The molecule has 2 rings (SSSR count).